The molecule has 0 atom stereocenters. The molecule has 0 saturated heterocycles. The van der Waals surface area contributed by atoms with Crippen LogP contribution < -0.4 is 25.8 Å². The molecular formula is C35H32Br2N8O4S2. The van der Waals surface area contributed by atoms with E-state index in [9.17, 15) is 9.59 Å². The van der Waals surface area contributed by atoms with Crippen molar-refractivity contribution in [2.24, 2.45) is 0 Å². The third kappa shape index (κ3) is 11.8. The van der Waals surface area contributed by atoms with E-state index < -0.39 is 0 Å². The summed E-state index contributed by atoms with van der Waals surface area (Å²) < 4.78 is 14.2. The van der Waals surface area contributed by atoms with Gasteiger partial charge in [-0.1, -0.05) is 0 Å². The van der Waals surface area contributed by atoms with E-state index in [0.717, 1.165) is 58.1 Å². The standard InChI is InChI=1S/C15H13N3O2S.C8H7NOS.C7H7BrN2O.C5H5BrN2/c1-9(19)17-12-5-6-16-8-11(12)15-18-13-7-10(20-2)3-4-14(13)21-15;1-10-6-2-3-8-7(4-6)9-5-11-8;1-5(11)10-7-2-3-9-4-6(7)8;6-4-3-8-2-1-5(4)7/h3-8H,1-2H3,(H,16,17,19);2-5H,1H3;2-4H,1H3,(H,9,10,11);1-3H,(H2,7,8). The summed E-state index contributed by atoms with van der Waals surface area (Å²) in [6.07, 6.45) is 9.92. The molecule has 0 bridgehead atoms. The number of ether oxygens (including phenoxy) is 2. The van der Waals surface area contributed by atoms with Crippen LogP contribution in [0.25, 0.3) is 31.0 Å². The first-order valence-corrected chi connectivity index (χ1v) is 18.1. The first kappa shape index (κ1) is 38.8. The van der Waals surface area contributed by atoms with E-state index in [0.29, 0.717) is 5.69 Å². The Labute approximate surface area is 318 Å². The zero-order valence-electron chi connectivity index (χ0n) is 27.8. The molecule has 0 aliphatic rings. The number of benzene rings is 2. The van der Waals surface area contributed by atoms with Crippen molar-refractivity contribution in [1.29, 1.82) is 0 Å². The number of nitrogen functional groups attached to an aromatic ring is 1. The van der Waals surface area contributed by atoms with Gasteiger partial charge in [0.05, 0.1) is 66.0 Å². The van der Waals surface area contributed by atoms with Crippen LogP contribution in [0.4, 0.5) is 17.1 Å². The van der Waals surface area contributed by atoms with Crippen LogP contribution in [0.1, 0.15) is 13.8 Å². The van der Waals surface area contributed by atoms with Crippen LogP contribution in [0.5, 0.6) is 11.5 Å². The first-order chi connectivity index (χ1) is 24.6. The van der Waals surface area contributed by atoms with Crippen LogP contribution in [0.15, 0.2) is 106 Å². The topological polar surface area (TPSA) is 167 Å². The second kappa shape index (κ2) is 19.4. The molecule has 0 fully saturated rings. The van der Waals surface area contributed by atoms with Gasteiger partial charge in [0, 0.05) is 68.8 Å². The summed E-state index contributed by atoms with van der Waals surface area (Å²) in [6, 6.07) is 16.9. The zero-order valence-corrected chi connectivity index (χ0v) is 32.6. The van der Waals surface area contributed by atoms with Crippen molar-refractivity contribution in [3.8, 4) is 22.1 Å². The SMILES string of the molecule is CC(=O)Nc1ccncc1Br.COc1ccc2sc(-c3cnccc3NC(C)=O)nc2c1.COc1ccc2scnc2c1.Nc1ccncc1Br. The van der Waals surface area contributed by atoms with Crippen LogP contribution in [-0.4, -0.2) is 51.0 Å². The van der Waals surface area contributed by atoms with Gasteiger partial charge >= 0.3 is 0 Å². The number of halogens is 2. The van der Waals surface area contributed by atoms with Crippen LogP contribution in [-0.2, 0) is 9.59 Å². The van der Waals surface area contributed by atoms with E-state index >= 15 is 0 Å². The number of methoxy groups -OCH3 is 2. The maximum atomic E-state index is 11.3. The lowest BCUT2D eigenvalue weighted by molar-refractivity contribution is -0.115. The molecule has 12 nitrogen and oxygen atoms in total. The predicted octanol–water partition coefficient (Wildman–Crippen LogP) is 8.86. The molecule has 0 spiro atoms. The van der Waals surface area contributed by atoms with Crippen molar-refractivity contribution in [2.45, 2.75) is 13.8 Å². The number of carbonyl (C=O) groups is 2. The van der Waals surface area contributed by atoms with E-state index in [-0.39, 0.29) is 11.8 Å². The minimum Gasteiger partial charge on any atom is -0.497 e. The largest absolute Gasteiger partial charge is 0.497 e. The average molecular weight is 853 g/mol. The molecule has 5 heterocycles. The summed E-state index contributed by atoms with van der Waals surface area (Å²) in [5, 5.41) is 6.26. The number of nitrogens with zero attached hydrogens (tertiary/aromatic N) is 5. The lowest BCUT2D eigenvalue weighted by Gasteiger charge is -2.06. The Hall–Kier alpha value is -5.03. The van der Waals surface area contributed by atoms with Crippen LogP contribution in [0, 0.1) is 0 Å². The van der Waals surface area contributed by atoms with Crippen molar-refractivity contribution in [2.75, 3.05) is 30.6 Å². The molecule has 7 rings (SSSR count). The lowest BCUT2D eigenvalue weighted by atomic mass is 10.2. The monoisotopic (exact) mass is 850 g/mol. The number of hydrogen-bond acceptors (Lipinski definition) is 12. The Morgan fingerprint density at radius 1 is 0.725 bits per heavy atom. The number of amides is 2. The number of carbonyl (C=O) groups excluding carboxylic acids is 2. The van der Waals surface area contributed by atoms with E-state index in [4.69, 9.17) is 15.2 Å². The van der Waals surface area contributed by atoms with Crippen molar-refractivity contribution in [3.63, 3.8) is 0 Å². The maximum absolute atomic E-state index is 11.3. The van der Waals surface area contributed by atoms with E-state index in [1.54, 1.807) is 92.3 Å². The Kier molecular flexibility index (Phi) is 14.7. The van der Waals surface area contributed by atoms with Gasteiger partial charge in [-0.3, -0.25) is 24.5 Å². The number of nitrogens with one attached hydrogen (secondary N) is 2. The minimum atomic E-state index is -0.120. The summed E-state index contributed by atoms with van der Waals surface area (Å²) in [7, 11) is 3.29. The molecular weight excluding hydrogens is 820 g/mol. The molecule has 16 heteroatoms. The molecule has 0 aliphatic carbocycles. The Morgan fingerprint density at radius 2 is 1.29 bits per heavy atom. The minimum absolute atomic E-state index is 0.0862. The second-order valence-corrected chi connectivity index (χ2v) is 13.7. The molecule has 262 valence electrons. The molecule has 0 aliphatic heterocycles. The number of anilines is 3. The highest BCUT2D eigenvalue weighted by molar-refractivity contribution is 9.11. The van der Waals surface area contributed by atoms with Gasteiger partial charge in [0.1, 0.15) is 16.5 Å². The van der Waals surface area contributed by atoms with Gasteiger partial charge in [0.15, 0.2) is 0 Å². The van der Waals surface area contributed by atoms with Gasteiger partial charge in [0.25, 0.3) is 0 Å². The van der Waals surface area contributed by atoms with Gasteiger partial charge in [0.2, 0.25) is 11.8 Å². The number of rotatable bonds is 5. The molecule has 2 amide bonds. The number of pyridine rings is 3. The van der Waals surface area contributed by atoms with Crippen LogP contribution in [0.2, 0.25) is 0 Å². The third-order valence-electron chi connectivity index (χ3n) is 6.38. The number of hydrogen-bond donors (Lipinski definition) is 3. The van der Waals surface area contributed by atoms with E-state index in [2.05, 4.69) is 67.4 Å². The predicted molar refractivity (Wildman–Crippen MR) is 212 cm³/mol. The zero-order chi connectivity index (χ0) is 36.8. The molecule has 5 aromatic heterocycles. The molecule has 0 radical (unpaired) electrons. The van der Waals surface area contributed by atoms with Gasteiger partial charge in [-0.15, -0.1) is 22.7 Å². The average Bonchev–Trinajstić information content (AvgIpc) is 3.78. The maximum Gasteiger partial charge on any atom is 0.221 e. The summed E-state index contributed by atoms with van der Waals surface area (Å²) >= 11 is 9.65. The lowest BCUT2D eigenvalue weighted by Crippen LogP contribution is -2.06. The highest BCUT2D eigenvalue weighted by Gasteiger charge is 2.12. The Morgan fingerprint density at radius 3 is 1.88 bits per heavy atom. The summed E-state index contributed by atoms with van der Waals surface area (Å²) in [5.41, 5.74) is 12.1. The highest BCUT2D eigenvalue weighted by atomic mass is 79.9. The molecule has 0 unspecified atom stereocenters. The molecule has 2 aromatic carbocycles. The van der Waals surface area contributed by atoms with Gasteiger partial charge < -0.3 is 25.8 Å². The van der Waals surface area contributed by atoms with Crippen molar-refractivity contribution in [1.82, 2.24) is 24.9 Å². The summed E-state index contributed by atoms with van der Waals surface area (Å²) in [4.78, 5) is 42.5. The quantitative estimate of drug-likeness (QED) is 0.152. The van der Waals surface area contributed by atoms with E-state index in [1.165, 1.54) is 18.5 Å². The van der Waals surface area contributed by atoms with Crippen molar-refractivity contribution in [3.05, 3.63) is 106 Å². The van der Waals surface area contributed by atoms with Crippen LogP contribution in [0.3, 0.4) is 0 Å². The number of fused-ring (bicyclic) bond motifs is 2. The first-order valence-electron chi connectivity index (χ1n) is 14.8. The summed E-state index contributed by atoms with van der Waals surface area (Å²) in [6.45, 7) is 2.94. The fourth-order valence-electron chi connectivity index (χ4n) is 4.03. The molecule has 51 heavy (non-hydrogen) atoms. The second-order valence-electron chi connectivity index (χ2n) is 10.1. The Balaban J connectivity index is 0.000000165. The van der Waals surface area contributed by atoms with Crippen LogP contribution >= 0.6 is 54.5 Å². The fraction of sp³-hybridized carbons (Fsp3) is 0.114. The Bertz CT molecular complexity index is 2210. The number of nitrogens with two attached hydrogens (primary N) is 1. The van der Waals surface area contributed by atoms with Crippen molar-refractivity contribution >= 4 is 104 Å². The fourth-order valence-corrected chi connectivity index (χ4v) is 6.26. The summed E-state index contributed by atoms with van der Waals surface area (Å²) in [5.74, 6) is 1.43. The van der Waals surface area contributed by atoms with Crippen molar-refractivity contribution < 1.29 is 19.1 Å². The van der Waals surface area contributed by atoms with E-state index in [1.807, 2.05) is 41.9 Å². The van der Waals surface area contributed by atoms with Gasteiger partial charge in [-0.25, -0.2) is 9.97 Å². The highest BCUT2D eigenvalue weighted by Crippen LogP contribution is 2.35. The molecule has 7 aromatic rings. The number of thiazole rings is 2. The van der Waals surface area contributed by atoms with Gasteiger partial charge in [-0.2, -0.15) is 0 Å². The number of aromatic nitrogens is 5. The smallest absolute Gasteiger partial charge is 0.221 e. The molecule has 0 saturated carbocycles. The normalized spacial score (nSPS) is 10.0. The third-order valence-corrected chi connectivity index (χ3v) is 9.56. The molecule has 4 N–H and O–H groups in total. The van der Waals surface area contributed by atoms with Gasteiger partial charge in [-0.05, 0) is 74.3 Å².